The minimum absolute atomic E-state index is 0.140. The van der Waals surface area contributed by atoms with E-state index in [9.17, 15) is 4.79 Å². The lowest BCUT2D eigenvalue weighted by atomic mass is 10.0. The van der Waals surface area contributed by atoms with Crippen LogP contribution in [0.1, 0.15) is 65.4 Å². The van der Waals surface area contributed by atoms with E-state index < -0.39 is 5.60 Å². The first-order valence-electron chi connectivity index (χ1n) is 11.7. The number of piperazine rings is 1. The van der Waals surface area contributed by atoms with Gasteiger partial charge in [0, 0.05) is 55.6 Å². The molecule has 30 heavy (non-hydrogen) atoms. The highest BCUT2D eigenvalue weighted by molar-refractivity contribution is 5.69. The first-order valence-corrected chi connectivity index (χ1v) is 11.7. The summed E-state index contributed by atoms with van der Waals surface area (Å²) in [6.45, 7) is 14.5. The number of benzene rings is 1. The van der Waals surface area contributed by atoms with Crippen LogP contribution in [0.25, 0.3) is 0 Å². The van der Waals surface area contributed by atoms with Crippen molar-refractivity contribution >= 4 is 6.09 Å². The number of amides is 1. The highest BCUT2D eigenvalue weighted by Gasteiger charge is 2.52. The summed E-state index contributed by atoms with van der Waals surface area (Å²) in [6.07, 6.45) is 3.32. The fourth-order valence-corrected chi connectivity index (χ4v) is 5.17. The lowest BCUT2D eigenvalue weighted by Crippen LogP contribution is -2.56. The van der Waals surface area contributed by atoms with Crippen LogP contribution < -0.4 is 5.32 Å². The van der Waals surface area contributed by atoms with E-state index in [1.165, 1.54) is 18.4 Å². The van der Waals surface area contributed by atoms with Gasteiger partial charge in [0.25, 0.3) is 0 Å². The highest BCUT2D eigenvalue weighted by Crippen LogP contribution is 2.51. The number of hydrogen-bond donors (Lipinski definition) is 1. The Kier molecular flexibility index (Phi) is 5.88. The van der Waals surface area contributed by atoms with E-state index in [-0.39, 0.29) is 17.6 Å². The molecule has 166 valence electrons. The maximum atomic E-state index is 13.2. The largest absolute Gasteiger partial charge is 0.444 e. The van der Waals surface area contributed by atoms with Crippen LogP contribution in [-0.4, -0.2) is 65.8 Å². The Balaban J connectivity index is 1.45. The molecule has 1 saturated heterocycles. The molecule has 5 nitrogen and oxygen atoms in total. The minimum Gasteiger partial charge on any atom is -0.444 e. The molecule has 2 saturated carbocycles. The summed E-state index contributed by atoms with van der Waals surface area (Å²) in [4.78, 5) is 17.9. The molecule has 4 atom stereocenters. The molecule has 4 rings (SSSR count). The second-order valence-electron chi connectivity index (χ2n) is 11.1. The van der Waals surface area contributed by atoms with Crippen LogP contribution in [0.15, 0.2) is 30.3 Å². The lowest BCUT2D eigenvalue weighted by Gasteiger charge is -2.39. The monoisotopic (exact) mass is 413 g/mol. The van der Waals surface area contributed by atoms with Crippen molar-refractivity contribution in [2.75, 3.05) is 26.2 Å². The molecule has 3 aliphatic rings. The van der Waals surface area contributed by atoms with E-state index in [2.05, 4.69) is 59.3 Å². The van der Waals surface area contributed by atoms with E-state index >= 15 is 0 Å². The Morgan fingerprint density at radius 3 is 2.37 bits per heavy atom. The predicted octanol–water partition coefficient (Wildman–Crippen LogP) is 4.24. The third-order valence-electron chi connectivity index (χ3n) is 6.67. The van der Waals surface area contributed by atoms with Gasteiger partial charge >= 0.3 is 6.09 Å². The molecule has 2 aliphatic carbocycles. The van der Waals surface area contributed by atoms with Gasteiger partial charge in [0.05, 0.1) is 0 Å². The summed E-state index contributed by atoms with van der Waals surface area (Å²) >= 11 is 0. The molecule has 2 unspecified atom stereocenters. The van der Waals surface area contributed by atoms with E-state index in [4.69, 9.17) is 4.74 Å². The van der Waals surface area contributed by atoms with E-state index in [1.54, 1.807) is 0 Å². The Hall–Kier alpha value is -1.59. The van der Waals surface area contributed by atoms with Crippen LogP contribution in [0, 0.1) is 5.41 Å². The van der Waals surface area contributed by atoms with Gasteiger partial charge in [-0.25, -0.2) is 4.79 Å². The number of carbonyl (C=O) groups excluding carboxylic acids is 1. The lowest BCUT2D eigenvalue weighted by molar-refractivity contribution is 0.0162. The molecule has 0 aromatic heterocycles. The Morgan fingerprint density at radius 1 is 1.17 bits per heavy atom. The van der Waals surface area contributed by atoms with Crippen LogP contribution in [-0.2, 0) is 4.74 Å². The van der Waals surface area contributed by atoms with Crippen LogP contribution in [0.2, 0.25) is 0 Å². The Bertz CT molecular complexity index is 731. The SMILES string of the molecule is C[C@@H]1CN(CC2(CN(C(=O)OC(C)(C)C)C3CC3c3ccccc3)CC2)C[C@H](C)N1. The van der Waals surface area contributed by atoms with Gasteiger partial charge in [-0.3, -0.25) is 4.90 Å². The third-order valence-corrected chi connectivity index (χ3v) is 6.67. The van der Waals surface area contributed by atoms with Gasteiger partial charge in [0.15, 0.2) is 0 Å². The smallest absolute Gasteiger partial charge is 0.410 e. The van der Waals surface area contributed by atoms with Gasteiger partial charge in [-0.1, -0.05) is 30.3 Å². The molecule has 3 fully saturated rings. The number of ether oxygens (including phenoxy) is 1. The molecule has 5 heteroatoms. The average molecular weight is 414 g/mol. The van der Waals surface area contributed by atoms with Crippen molar-refractivity contribution in [2.45, 2.75) is 83.5 Å². The number of carbonyl (C=O) groups is 1. The van der Waals surface area contributed by atoms with Crippen LogP contribution >= 0.6 is 0 Å². The van der Waals surface area contributed by atoms with Gasteiger partial charge in [-0.05, 0) is 59.4 Å². The topological polar surface area (TPSA) is 44.8 Å². The summed E-state index contributed by atoms with van der Waals surface area (Å²) in [6, 6.07) is 11.9. The molecular weight excluding hydrogens is 374 g/mol. The van der Waals surface area contributed by atoms with Gasteiger partial charge < -0.3 is 15.0 Å². The zero-order valence-electron chi connectivity index (χ0n) is 19.4. The number of rotatable bonds is 6. The average Bonchev–Trinajstić information content (AvgIpc) is 3.54. The second kappa shape index (κ2) is 8.16. The first-order chi connectivity index (χ1) is 14.1. The zero-order valence-corrected chi connectivity index (χ0v) is 19.4. The maximum absolute atomic E-state index is 13.2. The van der Waals surface area contributed by atoms with Crippen molar-refractivity contribution in [3.63, 3.8) is 0 Å². The summed E-state index contributed by atoms with van der Waals surface area (Å²) < 4.78 is 5.85. The zero-order chi connectivity index (χ0) is 21.5. The molecule has 0 bridgehead atoms. The second-order valence-corrected chi connectivity index (χ2v) is 11.1. The van der Waals surface area contributed by atoms with E-state index in [1.807, 2.05) is 20.8 Å². The van der Waals surface area contributed by atoms with Gasteiger partial charge in [0.2, 0.25) is 0 Å². The van der Waals surface area contributed by atoms with Crippen LogP contribution in [0.3, 0.4) is 0 Å². The Labute approximate surface area is 182 Å². The maximum Gasteiger partial charge on any atom is 0.410 e. The first kappa shape index (κ1) is 21.6. The van der Waals surface area contributed by atoms with Gasteiger partial charge in [0.1, 0.15) is 5.60 Å². The van der Waals surface area contributed by atoms with Crippen molar-refractivity contribution in [1.29, 1.82) is 0 Å². The summed E-state index contributed by atoms with van der Waals surface area (Å²) in [7, 11) is 0. The van der Waals surface area contributed by atoms with Crippen molar-refractivity contribution in [2.24, 2.45) is 5.41 Å². The number of hydrogen-bond acceptors (Lipinski definition) is 4. The molecule has 1 aromatic carbocycles. The van der Waals surface area contributed by atoms with Crippen molar-refractivity contribution in [1.82, 2.24) is 15.1 Å². The van der Waals surface area contributed by atoms with Crippen LogP contribution in [0.4, 0.5) is 4.79 Å². The fraction of sp³-hybridized carbons (Fsp3) is 0.720. The van der Waals surface area contributed by atoms with Gasteiger partial charge in [-0.15, -0.1) is 0 Å². The quantitative estimate of drug-likeness (QED) is 0.758. The molecule has 1 heterocycles. The summed E-state index contributed by atoms with van der Waals surface area (Å²) in [5.74, 6) is 0.439. The minimum atomic E-state index is -0.466. The Morgan fingerprint density at radius 2 is 1.80 bits per heavy atom. The van der Waals surface area contributed by atoms with E-state index in [0.717, 1.165) is 32.6 Å². The molecule has 1 N–H and O–H groups in total. The molecule has 0 spiro atoms. The summed E-state index contributed by atoms with van der Waals surface area (Å²) in [5.41, 5.74) is 1.11. The van der Waals surface area contributed by atoms with E-state index in [0.29, 0.717) is 18.0 Å². The highest BCUT2D eigenvalue weighted by atomic mass is 16.6. The summed E-state index contributed by atoms with van der Waals surface area (Å²) in [5, 5.41) is 3.63. The molecule has 1 aliphatic heterocycles. The molecule has 1 amide bonds. The molecule has 0 radical (unpaired) electrons. The normalized spacial score (nSPS) is 30.6. The van der Waals surface area contributed by atoms with Crippen molar-refractivity contribution < 1.29 is 9.53 Å². The molecular formula is C25H39N3O2. The van der Waals surface area contributed by atoms with Crippen LogP contribution in [0.5, 0.6) is 0 Å². The van der Waals surface area contributed by atoms with Crippen molar-refractivity contribution in [3.8, 4) is 0 Å². The third kappa shape index (κ3) is 5.36. The number of nitrogens with zero attached hydrogens (tertiary/aromatic N) is 2. The standard InChI is InChI=1S/C25H39N3O2/c1-18-14-27(15-19(2)26-18)16-25(11-12-25)17-28(23(29)30-24(3,4)5)22-13-21(22)20-9-7-6-8-10-20/h6-10,18-19,21-22,26H,11-17H2,1-5H3/t18-,19+,21?,22?. The van der Waals surface area contributed by atoms with Crippen molar-refractivity contribution in [3.05, 3.63) is 35.9 Å². The fourth-order valence-electron chi connectivity index (χ4n) is 5.17. The number of nitrogens with one attached hydrogen (secondary N) is 1. The molecule has 1 aromatic rings. The van der Waals surface area contributed by atoms with Gasteiger partial charge in [-0.2, -0.15) is 0 Å². The predicted molar refractivity (Wildman–Crippen MR) is 121 cm³/mol.